The Morgan fingerprint density at radius 1 is 1.55 bits per heavy atom. The standard InChI is InChI=1S/C11H14F3N3O3/c12-11(13,14)10-16-8(6-20-10)9(18)17-2-1-3-19-7(4-15)5-17/h6-7H,1-5,15H2. The summed E-state index contributed by atoms with van der Waals surface area (Å²) in [5.74, 6) is -2.05. The predicted octanol–water partition coefficient (Wildman–Crippen LogP) is 0.883. The predicted molar refractivity (Wildman–Crippen MR) is 60.8 cm³/mol. The van der Waals surface area contributed by atoms with Crippen LogP contribution in [0.25, 0.3) is 0 Å². The first kappa shape index (κ1) is 14.8. The van der Waals surface area contributed by atoms with Gasteiger partial charge in [-0.05, 0) is 6.42 Å². The Hall–Kier alpha value is -1.61. The third-order valence-corrected chi connectivity index (χ3v) is 2.87. The molecule has 1 amide bonds. The molecule has 0 spiro atoms. The van der Waals surface area contributed by atoms with E-state index in [1.807, 2.05) is 0 Å². The Morgan fingerprint density at radius 2 is 2.30 bits per heavy atom. The van der Waals surface area contributed by atoms with Gasteiger partial charge in [0.1, 0.15) is 6.26 Å². The average Bonchev–Trinajstić information content (AvgIpc) is 2.77. The first-order valence-electron chi connectivity index (χ1n) is 6.05. The normalized spacial score (nSPS) is 20.8. The first-order chi connectivity index (χ1) is 9.41. The molecular weight excluding hydrogens is 279 g/mol. The van der Waals surface area contributed by atoms with Crippen LogP contribution in [0.15, 0.2) is 10.7 Å². The van der Waals surface area contributed by atoms with Crippen molar-refractivity contribution >= 4 is 5.91 Å². The van der Waals surface area contributed by atoms with Gasteiger partial charge in [-0.25, -0.2) is 4.98 Å². The molecule has 1 aromatic rings. The van der Waals surface area contributed by atoms with E-state index in [0.717, 1.165) is 0 Å². The van der Waals surface area contributed by atoms with Crippen molar-refractivity contribution in [3.8, 4) is 0 Å². The average molecular weight is 293 g/mol. The van der Waals surface area contributed by atoms with E-state index in [9.17, 15) is 18.0 Å². The van der Waals surface area contributed by atoms with Gasteiger partial charge in [-0.2, -0.15) is 13.2 Å². The molecule has 0 saturated carbocycles. The van der Waals surface area contributed by atoms with Crippen LogP contribution in [0.2, 0.25) is 0 Å². The number of halogens is 3. The number of hydrogen-bond acceptors (Lipinski definition) is 5. The van der Waals surface area contributed by atoms with E-state index in [4.69, 9.17) is 10.5 Å². The molecule has 1 fully saturated rings. The fraction of sp³-hybridized carbons (Fsp3) is 0.636. The number of oxazole rings is 1. The summed E-state index contributed by atoms with van der Waals surface area (Å²) >= 11 is 0. The Balaban J connectivity index is 2.11. The minimum Gasteiger partial charge on any atom is -0.441 e. The summed E-state index contributed by atoms with van der Waals surface area (Å²) in [7, 11) is 0. The van der Waals surface area contributed by atoms with Gasteiger partial charge in [0.2, 0.25) is 0 Å². The van der Waals surface area contributed by atoms with Gasteiger partial charge in [-0.1, -0.05) is 0 Å². The summed E-state index contributed by atoms with van der Waals surface area (Å²) in [6.45, 7) is 1.29. The van der Waals surface area contributed by atoms with Crippen LogP contribution in [0.3, 0.4) is 0 Å². The van der Waals surface area contributed by atoms with E-state index in [-0.39, 0.29) is 24.9 Å². The third kappa shape index (κ3) is 3.28. The highest BCUT2D eigenvalue weighted by Crippen LogP contribution is 2.28. The minimum atomic E-state index is -4.71. The molecule has 1 saturated heterocycles. The summed E-state index contributed by atoms with van der Waals surface area (Å²) in [5.41, 5.74) is 5.12. The quantitative estimate of drug-likeness (QED) is 0.875. The third-order valence-electron chi connectivity index (χ3n) is 2.87. The van der Waals surface area contributed by atoms with Crippen LogP contribution in [0, 0.1) is 0 Å². The van der Waals surface area contributed by atoms with Crippen molar-refractivity contribution in [1.29, 1.82) is 0 Å². The number of alkyl halides is 3. The highest BCUT2D eigenvalue weighted by Gasteiger charge is 2.38. The van der Waals surface area contributed by atoms with Gasteiger partial charge in [-0.3, -0.25) is 4.79 Å². The summed E-state index contributed by atoms with van der Waals surface area (Å²) in [6, 6.07) is 0. The number of carbonyl (C=O) groups excluding carboxylic acids is 1. The second-order valence-corrected chi connectivity index (χ2v) is 4.37. The number of rotatable bonds is 2. The van der Waals surface area contributed by atoms with Crippen LogP contribution < -0.4 is 5.73 Å². The van der Waals surface area contributed by atoms with E-state index >= 15 is 0 Å². The van der Waals surface area contributed by atoms with E-state index < -0.39 is 18.0 Å². The molecule has 0 aliphatic carbocycles. The van der Waals surface area contributed by atoms with E-state index in [1.165, 1.54) is 4.90 Å². The maximum absolute atomic E-state index is 12.4. The number of ether oxygens (including phenoxy) is 1. The summed E-state index contributed by atoms with van der Waals surface area (Å²) < 4.78 is 46.8. The monoisotopic (exact) mass is 293 g/mol. The first-order valence-corrected chi connectivity index (χ1v) is 6.05. The van der Waals surface area contributed by atoms with Crippen molar-refractivity contribution in [3.05, 3.63) is 17.8 Å². The SMILES string of the molecule is NCC1CN(C(=O)c2coc(C(F)(F)F)n2)CCCO1. The summed E-state index contributed by atoms with van der Waals surface area (Å²) in [4.78, 5) is 16.7. The molecule has 9 heteroatoms. The Kier molecular flexibility index (Phi) is 4.29. The number of carbonyl (C=O) groups is 1. The Labute approximate surface area is 112 Å². The highest BCUT2D eigenvalue weighted by atomic mass is 19.4. The van der Waals surface area contributed by atoms with E-state index in [1.54, 1.807) is 0 Å². The van der Waals surface area contributed by atoms with Crippen LogP contribution in [0.5, 0.6) is 0 Å². The van der Waals surface area contributed by atoms with Crippen LogP contribution >= 0.6 is 0 Å². The lowest BCUT2D eigenvalue weighted by Gasteiger charge is -2.22. The molecule has 2 heterocycles. The minimum absolute atomic E-state index is 0.226. The molecule has 6 nitrogen and oxygen atoms in total. The lowest BCUT2D eigenvalue weighted by molar-refractivity contribution is -0.157. The number of nitrogens with zero attached hydrogens (tertiary/aromatic N) is 2. The topological polar surface area (TPSA) is 81.6 Å². The summed E-state index contributed by atoms with van der Waals surface area (Å²) in [5, 5.41) is 0. The number of nitrogens with two attached hydrogens (primary N) is 1. The van der Waals surface area contributed by atoms with Crippen molar-refractivity contribution < 1.29 is 27.1 Å². The fourth-order valence-electron chi connectivity index (χ4n) is 1.89. The molecule has 2 N–H and O–H groups in total. The van der Waals surface area contributed by atoms with Crippen LogP contribution in [-0.4, -0.2) is 48.1 Å². The van der Waals surface area contributed by atoms with Crippen molar-refractivity contribution in [2.24, 2.45) is 5.73 Å². The van der Waals surface area contributed by atoms with Gasteiger partial charge in [0, 0.05) is 26.2 Å². The fourth-order valence-corrected chi connectivity index (χ4v) is 1.89. The molecule has 2 rings (SSSR count). The summed E-state index contributed by atoms with van der Waals surface area (Å²) in [6.07, 6.45) is -3.73. The molecule has 0 aromatic carbocycles. The van der Waals surface area contributed by atoms with Gasteiger partial charge in [0.15, 0.2) is 5.69 Å². The molecule has 0 radical (unpaired) electrons. The van der Waals surface area contributed by atoms with Gasteiger partial charge < -0.3 is 19.8 Å². The molecular formula is C11H14F3N3O3. The van der Waals surface area contributed by atoms with Crippen molar-refractivity contribution in [2.45, 2.75) is 18.7 Å². The second kappa shape index (κ2) is 5.80. The highest BCUT2D eigenvalue weighted by molar-refractivity contribution is 5.92. The number of aromatic nitrogens is 1. The maximum atomic E-state index is 12.4. The van der Waals surface area contributed by atoms with Gasteiger partial charge in [-0.15, -0.1) is 0 Å². The number of amides is 1. The zero-order valence-corrected chi connectivity index (χ0v) is 10.5. The molecule has 1 atom stereocenters. The molecule has 1 aliphatic heterocycles. The Bertz CT molecular complexity index is 475. The lowest BCUT2D eigenvalue weighted by atomic mass is 10.3. The molecule has 0 bridgehead atoms. The van der Waals surface area contributed by atoms with E-state index in [0.29, 0.717) is 25.8 Å². The number of hydrogen-bond donors (Lipinski definition) is 1. The zero-order valence-electron chi connectivity index (χ0n) is 10.5. The Morgan fingerprint density at radius 3 is 2.90 bits per heavy atom. The van der Waals surface area contributed by atoms with Gasteiger partial charge in [0.25, 0.3) is 5.91 Å². The molecule has 112 valence electrons. The van der Waals surface area contributed by atoms with Crippen LogP contribution in [0.1, 0.15) is 22.8 Å². The largest absolute Gasteiger partial charge is 0.468 e. The molecule has 1 aliphatic rings. The van der Waals surface area contributed by atoms with Crippen molar-refractivity contribution in [3.63, 3.8) is 0 Å². The smallest absolute Gasteiger partial charge is 0.441 e. The van der Waals surface area contributed by atoms with Gasteiger partial charge in [0.05, 0.1) is 6.10 Å². The molecule has 1 aromatic heterocycles. The van der Waals surface area contributed by atoms with E-state index in [2.05, 4.69) is 9.40 Å². The lowest BCUT2D eigenvalue weighted by Crippen LogP contribution is -2.39. The molecule has 1 unspecified atom stereocenters. The van der Waals surface area contributed by atoms with Crippen LogP contribution in [-0.2, 0) is 10.9 Å². The maximum Gasteiger partial charge on any atom is 0.468 e. The second-order valence-electron chi connectivity index (χ2n) is 4.37. The van der Waals surface area contributed by atoms with Crippen molar-refractivity contribution in [1.82, 2.24) is 9.88 Å². The zero-order chi connectivity index (χ0) is 14.8. The molecule has 20 heavy (non-hydrogen) atoms. The van der Waals surface area contributed by atoms with Gasteiger partial charge >= 0.3 is 12.1 Å². The van der Waals surface area contributed by atoms with Crippen LogP contribution in [0.4, 0.5) is 13.2 Å². The van der Waals surface area contributed by atoms with Crippen molar-refractivity contribution in [2.75, 3.05) is 26.2 Å².